The van der Waals surface area contributed by atoms with E-state index in [2.05, 4.69) is 10.6 Å². The highest BCUT2D eigenvalue weighted by atomic mass is 32.1. The molecule has 1 saturated heterocycles. The normalized spacial score (nSPS) is 17.9. The first-order valence-corrected chi connectivity index (χ1v) is 8.68. The molecule has 0 bridgehead atoms. The third-order valence-corrected chi connectivity index (χ3v) is 5.19. The number of aliphatic carboxylic acids is 1. The van der Waals surface area contributed by atoms with Crippen molar-refractivity contribution in [1.82, 2.24) is 9.47 Å². The standard InChI is InChI=1S/C17H20N2O4S/c1-11-8-14(12(2)19(11)9-13-4-3-7-24-13)16(20)18-5-6-23-15(10-18)17(21)22/h3-4,7-8,15H,5-6,9-10H2,1-2H3,(H,21,22)/t15-/m1/s1. The number of carbonyl (C=O) groups is 2. The van der Waals surface area contributed by atoms with Crippen LogP contribution in [-0.2, 0) is 16.1 Å². The maximum absolute atomic E-state index is 12.8. The Bertz CT molecular complexity index is 751. The van der Waals surface area contributed by atoms with Crippen LogP contribution in [0.4, 0.5) is 0 Å². The number of aryl methyl sites for hydroxylation is 1. The summed E-state index contributed by atoms with van der Waals surface area (Å²) in [6, 6.07) is 5.97. The van der Waals surface area contributed by atoms with E-state index in [1.54, 1.807) is 16.2 Å². The average molecular weight is 348 g/mol. The second-order valence-electron chi connectivity index (χ2n) is 5.90. The van der Waals surface area contributed by atoms with Crippen LogP contribution in [0.1, 0.15) is 26.6 Å². The lowest BCUT2D eigenvalue weighted by Crippen LogP contribution is -2.48. The van der Waals surface area contributed by atoms with Crippen LogP contribution in [0, 0.1) is 13.8 Å². The Morgan fingerprint density at radius 2 is 2.21 bits per heavy atom. The summed E-state index contributed by atoms with van der Waals surface area (Å²) in [6.07, 6.45) is -0.947. The zero-order chi connectivity index (χ0) is 17.3. The van der Waals surface area contributed by atoms with Crippen molar-refractivity contribution in [2.45, 2.75) is 26.5 Å². The summed E-state index contributed by atoms with van der Waals surface area (Å²) < 4.78 is 7.31. The number of hydrogen-bond donors (Lipinski definition) is 1. The van der Waals surface area contributed by atoms with E-state index in [1.807, 2.05) is 31.4 Å². The molecule has 3 heterocycles. The highest BCUT2D eigenvalue weighted by Gasteiger charge is 2.30. The Labute approximate surface area is 144 Å². The molecule has 2 aromatic rings. The quantitative estimate of drug-likeness (QED) is 0.919. The molecule has 1 fully saturated rings. The van der Waals surface area contributed by atoms with Gasteiger partial charge in [-0.1, -0.05) is 6.07 Å². The number of carboxylic acids is 1. The SMILES string of the molecule is Cc1cc(C(=O)N2CCO[C@@H](C(=O)O)C2)c(C)n1Cc1cccs1. The highest BCUT2D eigenvalue weighted by molar-refractivity contribution is 7.09. The van der Waals surface area contributed by atoms with E-state index in [-0.39, 0.29) is 19.1 Å². The van der Waals surface area contributed by atoms with E-state index in [9.17, 15) is 9.59 Å². The number of morpholine rings is 1. The van der Waals surface area contributed by atoms with Crippen LogP contribution in [0.25, 0.3) is 0 Å². The van der Waals surface area contributed by atoms with Crippen LogP contribution in [-0.4, -0.2) is 52.3 Å². The Balaban J connectivity index is 1.81. The minimum Gasteiger partial charge on any atom is -0.479 e. The number of carbonyl (C=O) groups excluding carboxylic acids is 1. The Kier molecular flexibility index (Phi) is 4.73. The lowest BCUT2D eigenvalue weighted by molar-refractivity contribution is -0.154. The topological polar surface area (TPSA) is 71.8 Å². The maximum atomic E-state index is 12.8. The van der Waals surface area contributed by atoms with Gasteiger partial charge in [0.1, 0.15) is 0 Å². The summed E-state index contributed by atoms with van der Waals surface area (Å²) in [4.78, 5) is 26.7. The van der Waals surface area contributed by atoms with Gasteiger partial charge < -0.3 is 19.3 Å². The average Bonchev–Trinajstić information content (AvgIpc) is 3.18. The second kappa shape index (κ2) is 6.78. The molecule has 0 unspecified atom stereocenters. The molecule has 0 radical (unpaired) electrons. The Morgan fingerprint density at radius 1 is 1.42 bits per heavy atom. The molecule has 0 aromatic carbocycles. The number of amides is 1. The molecular weight excluding hydrogens is 328 g/mol. The smallest absolute Gasteiger partial charge is 0.334 e. The van der Waals surface area contributed by atoms with Crippen LogP contribution in [0.3, 0.4) is 0 Å². The fourth-order valence-electron chi connectivity index (χ4n) is 2.97. The van der Waals surface area contributed by atoms with Gasteiger partial charge in [0.25, 0.3) is 5.91 Å². The molecular formula is C17H20N2O4S. The summed E-state index contributed by atoms with van der Waals surface area (Å²) in [7, 11) is 0. The third kappa shape index (κ3) is 3.22. The predicted octanol–water partition coefficient (Wildman–Crippen LogP) is 2.14. The molecule has 1 N–H and O–H groups in total. The predicted molar refractivity (Wildman–Crippen MR) is 90.6 cm³/mol. The maximum Gasteiger partial charge on any atom is 0.334 e. The summed E-state index contributed by atoms with van der Waals surface area (Å²) in [5.74, 6) is -1.16. The van der Waals surface area contributed by atoms with E-state index >= 15 is 0 Å². The van der Waals surface area contributed by atoms with E-state index < -0.39 is 12.1 Å². The van der Waals surface area contributed by atoms with Crippen LogP contribution in [0.5, 0.6) is 0 Å². The molecule has 3 rings (SSSR count). The van der Waals surface area contributed by atoms with E-state index in [1.165, 1.54) is 4.88 Å². The van der Waals surface area contributed by atoms with Crippen molar-refractivity contribution >= 4 is 23.2 Å². The van der Waals surface area contributed by atoms with E-state index in [0.717, 1.165) is 17.9 Å². The monoisotopic (exact) mass is 348 g/mol. The summed E-state index contributed by atoms with van der Waals surface area (Å²) >= 11 is 1.69. The third-order valence-electron chi connectivity index (χ3n) is 4.33. The van der Waals surface area contributed by atoms with Gasteiger partial charge in [-0.2, -0.15) is 0 Å². The second-order valence-corrected chi connectivity index (χ2v) is 6.93. The molecule has 0 aliphatic carbocycles. The number of aromatic nitrogens is 1. The fourth-order valence-corrected chi connectivity index (χ4v) is 3.67. The van der Waals surface area contributed by atoms with Gasteiger partial charge in [0.05, 0.1) is 25.3 Å². The number of carboxylic acid groups (broad SMARTS) is 1. The molecule has 1 aliphatic heterocycles. The van der Waals surface area contributed by atoms with Crippen LogP contribution >= 0.6 is 11.3 Å². The summed E-state index contributed by atoms with van der Waals surface area (Å²) in [6.45, 7) is 5.40. The molecule has 24 heavy (non-hydrogen) atoms. The van der Waals surface area contributed by atoms with Crippen LogP contribution in [0.2, 0.25) is 0 Å². The van der Waals surface area contributed by atoms with Crippen LogP contribution < -0.4 is 0 Å². The number of thiophene rings is 1. The van der Waals surface area contributed by atoms with Gasteiger partial charge in [-0.3, -0.25) is 4.79 Å². The minimum atomic E-state index is -1.03. The minimum absolute atomic E-state index is 0.0861. The Morgan fingerprint density at radius 3 is 2.88 bits per heavy atom. The fraction of sp³-hybridized carbons (Fsp3) is 0.412. The molecule has 0 spiro atoms. The van der Waals surface area contributed by atoms with Crippen molar-refractivity contribution in [3.63, 3.8) is 0 Å². The van der Waals surface area contributed by atoms with Gasteiger partial charge in [0.2, 0.25) is 0 Å². The molecule has 1 atom stereocenters. The lowest BCUT2D eigenvalue weighted by atomic mass is 10.2. The van der Waals surface area contributed by atoms with Crippen molar-refractivity contribution in [3.8, 4) is 0 Å². The number of nitrogens with zero attached hydrogens (tertiary/aromatic N) is 2. The number of ether oxygens (including phenoxy) is 1. The molecule has 1 aliphatic rings. The van der Waals surface area contributed by atoms with Gasteiger partial charge in [-0.15, -0.1) is 11.3 Å². The van der Waals surface area contributed by atoms with Crippen molar-refractivity contribution in [1.29, 1.82) is 0 Å². The summed E-state index contributed by atoms with van der Waals surface area (Å²) in [5, 5.41) is 11.1. The van der Waals surface area contributed by atoms with Crippen molar-refractivity contribution in [2.75, 3.05) is 19.7 Å². The van der Waals surface area contributed by atoms with Gasteiger partial charge in [0.15, 0.2) is 6.10 Å². The van der Waals surface area contributed by atoms with Gasteiger partial charge in [-0.05, 0) is 31.4 Å². The molecule has 2 aromatic heterocycles. The van der Waals surface area contributed by atoms with Crippen molar-refractivity contribution in [2.24, 2.45) is 0 Å². The summed E-state index contributed by atoms with van der Waals surface area (Å²) in [5.41, 5.74) is 2.56. The van der Waals surface area contributed by atoms with Crippen LogP contribution in [0.15, 0.2) is 23.6 Å². The first kappa shape index (κ1) is 16.7. The van der Waals surface area contributed by atoms with E-state index in [4.69, 9.17) is 9.84 Å². The zero-order valence-corrected chi connectivity index (χ0v) is 14.5. The molecule has 128 valence electrons. The van der Waals surface area contributed by atoms with Crippen molar-refractivity contribution < 1.29 is 19.4 Å². The van der Waals surface area contributed by atoms with Crippen molar-refractivity contribution in [3.05, 3.63) is 45.4 Å². The highest BCUT2D eigenvalue weighted by Crippen LogP contribution is 2.21. The Hall–Kier alpha value is -2.12. The van der Waals surface area contributed by atoms with Gasteiger partial charge in [-0.25, -0.2) is 4.79 Å². The zero-order valence-electron chi connectivity index (χ0n) is 13.7. The number of rotatable bonds is 4. The lowest BCUT2D eigenvalue weighted by Gasteiger charge is -2.30. The van der Waals surface area contributed by atoms with Gasteiger partial charge >= 0.3 is 5.97 Å². The van der Waals surface area contributed by atoms with Gasteiger partial charge in [0, 0.05) is 22.8 Å². The number of hydrogen-bond acceptors (Lipinski definition) is 4. The first-order chi connectivity index (χ1) is 11.5. The molecule has 0 saturated carbocycles. The largest absolute Gasteiger partial charge is 0.479 e. The molecule has 6 nitrogen and oxygen atoms in total. The van der Waals surface area contributed by atoms with E-state index in [0.29, 0.717) is 12.1 Å². The molecule has 7 heteroatoms. The molecule has 1 amide bonds. The first-order valence-electron chi connectivity index (χ1n) is 7.80.